The molecule has 0 aliphatic rings. The highest BCUT2D eigenvalue weighted by molar-refractivity contribution is 7.47. The predicted octanol–water partition coefficient (Wildman–Crippen LogP) is 6.13. The monoisotopic (exact) mass is 549 g/mol. The lowest BCUT2D eigenvalue weighted by Crippen LogP contribution is -2.30. The van der Waals surface area contributed by atoms with Crippen LogP contribution in [0.3, 0.4) is 0 Å². The van der Waals surface area contributed by atoms with Gasteiger partial charge >= 0.3 is 7.82 Å². The molecule has 0 spiro atoms. The molecular weight excluding hydrogens is 523 g/mol. The van der Waals surface area contributed by atoms with Crippen LogP contribution in [0.15, 0.2) is 140 Å². The van der Waals surface area contributed by atoms with Crippen LogP contribution in [0.4, 0.5) is 0 Å². The van der Waals surface area contributed by atoms with Crippen LogP contribution in [-0.2, 0) is 21.1 Å². The fourth-order valence-electron chi connectivity index (χ4n) is 4.88. The summed E-state index contributed by atoms with van der Waals surface area (Å²) in [5, 5.41) is 10.9. The van der Waals surface area contributed by atoms with Crippen molar-refractivity contribution >= 4 is 13.8 Å². The molecule has 0 fully saturated rings. The number of phosphoric ester groups is 1. The number of hydrogen-bond donors (Lipinski definition) is 1. The maximum absolute atomic E-state index is 12.7. The molecule has 0 amide bonds. The van der Waals surface area contributed by atoms with E-state index in [1.165, 1.54) is 24.3 Å². The van der Waals surface area contributed by atoms with E-state index >= 15 is 0 Å². The number of aromatic carboxylic acids is 1. The predicted molar refractivity (Wildman–Crippen MR) is 151 cm³/mol. The molecule has 0 bridgehead atoms. The molecule has 1 N–H and O–H groups in total. The van der Waals surface area contributed by atoms with E-state index in [-0.39, 0.29) is 17.9 Å². The molecule has 1 atom stereocenters. The Morgan fingerprint density at radius 2 is 1.07 bits per heavy atom. The van der Waals surface area contributed by atoms with Crippen molar-refractivity contribution in [3.05, 3.63) is 173 Å². The average Bonchev–Trinajstić information content (AvgIpc) is 2.99. The Hall–Kier alpha value is -4.48. The first kappa shape index (κ1) is 27.1. The number of carboxylic acids is 1. The number of carbonyl (C=O) groups is 1. The molecule has 5 aromatic rings. The van der Waals surface area contributed by atoms with Gasteiger partial charge in [0.25, 0.3) is 0 Å². The molecule has 5 rings (SSSR count). The van der Waals surface area contributed by atoms with E-state index < -0.39 is 19.2 Å². The minimum atomic E-state index is -4.47. The smallest absolute Gasteiger partial charge is 0.527 e. The van der Waals surface area contributed by atoms with Gasteiger partial charge in [-0.05, 0) is 45.5 Å². The van der Waals surface area contributed by atoms with Crippen LogP contribution in [0.25, 0.3) is 0 Å². The van der Waals surface area contributed by atoms with E-state index in [2.05, 4.69) is 36.4 Å². The van der Waals surface area contributed by atoms with Gasteiger partial charge in [-0.25, -0.2) is 4.57 Å². The molecular formula is C33H26O6P-. The Labute approximate surface area is 232 Å². The minimum Gasteiger partial charge on any atom is -0.545 e. The topological polar surface area (TPSA) is 95.9 Å². The van der Waals surface area contributed by atoms with Crippen molar-refractivity contribution in [3.63, 3.8) is 0 Å². The fraction of sp³-hybridized carbons (Fsp3) is 0.0606. The average molecular weight is 550 g/mol. The zero-order valence-electron chi connectivity index (χ0n) is 21.4. The Morgan fingerprint density at radius 1 is 0.650 bits per heavy atom. The van der Waals surface area contributed by atoms with Crippen molar-refractivity contribution in [2.24, 2.45) is 0 Å². The molecule has 0 heterocycles. The molecule has 7 heteroatoms. The van der Waals surface area contributed by atoms with E-state index in [9.17, 15) is 19.4 Å². The van der Waals surface area contributed by atoms with Gasteiger partial charge in [0.1, 0.15) is 5.75 Å². The van der Waals surface area contributed by atoms with Crippen LogP contribution in [0.1, 0.15) is 38.2 Å². The molecule has 6 nitrogen and oxygen atoms in total. The third-order valence-electron chi connectivity index (χ3n) is 6.71. The van der Waals surface area contributed by atoms with Crippen molar-refractivity contribution in [1.82, 2.24) is 0 Å². The van der Waals surface area contributed by atoms with Crippen LogP contribution in [0.5, 0.6) is 5.75 Å². The van der Waals surface area contributed by atoms with Gasteiger partial charge in [-0.3, -0.25) is 9.42 Å². The first-order valence-electron chi connectivity index (χ1n) is 12.6. The summed E-state index contributed by atoms with van der Waals surface area (Å²) in [6.07, 6.45) is 0. The molecule has 0 saturated heterocycles. The van der Waals surface area contributed by atoms with Crippen LogP contribution < -0.4 is 9.63 Å². The molecule has 0 aliphatic carbocycles. The number of phosphoric acid groups is 1. The van der Waals surface area contributed by atoms with Gasteiger partial charge in [0.2, 0.25) is 0 Å². The summed E-state index contributed by atoms with van der Waals surface area (Å²) >= 11 is 0. The van der Waals surface area contributed by atoms with Crippen LogP contribution in [0, 0.1) is 0 Å². The second kappa shape index (κ2) is 11.7. The van der Waals surface area contributed by atoms with Crippen molar-refractivity contribution in [1.29, 1.82) is 0 Å². The summed E-state index contributed by atoms with van der Waals surface area (Å²) in [6, 6.07) is 43.3. The first-order chi connectivity index (χ1) is 19.4. The zero-order chi connectivity index (χ0) is 28.0. The Morgan fingerprint density at radius 3 is 1.50 bits per heavy atom. The molecule has 0 aromatic heterocycles. The largest absolute Gasteiger partial charge is 0.545 e. The molecule has 0 radical (unpaired) electrons. The van der Waals surface area contributed by atoms with E-state index in [1.54, 1.807) is 12.1 Å². The lowest BCUT2D eigenvalue weighted by atomic mass is 9.65. The third-order valence-corrected chi connectivity index (χ3v) is 7.61. The van der Waals surface area contributed by atoms with Gasteiger partial charge in [0.15, 0.2) is 0 Å². The number of benzene rings is 5. The van der Waals surface area contributed by atoms with Crippen molar-refractivity contribution < 1.29 is 28.4 Å². The summed E-state index contributed by atoms with van der Waals surface area (Å²) in [5.74, 6) is -1.13. The SMILES string of the molecule is O=C([O-])c1ccc(COP(=O)(O)Oc2ccc(C(c3ccccc3)(c3ccccc3)c3ccccc3)cc2)cc1. The molecule has 5 aromatic carbocycles. The quantitative estimate of drug-likeness (QED) is 0.166. The number of hydrogen-bond acceptors (Lipinski definition) is 5. The normalized spacial score (nSPS) is 12.8. The van der Waals surface area contributed by atoms with Crippen LogP contribution in [0.2, 0.25) is 0 Å². The maximum Gasteiger partial charge on any atom is 0.527 e. The third kappa shape index (κ3) is 5.75. The standard InChI is InChI=1S/C33H27O6P/c34-32(35)26-18-16-25(17-19-26)24-38-40(36,37)39-31-22-20-30(21-23-31)33(27-10-4-1-5-11-27,28-12-6-2-7-13-28)29-14-8-3-9-15-29/h1-23H,24H2,(H,34,35)(H,36,37)/p-1. The fourth-order valence-corrected chi connectivity index (χ4v) is 5.64. The lowest BCUT2D eigenvalue weighted by molar-refractivity contribution is -0.255. The minimum absolute atomic E-state index is 0.00450. The lowest BCUT2D eigenvalue weighted by Gasteiger charge is -2.36. The van der Waals surface area contributed by atoms with Gasteiger partial charge in [-0.2, -0.15) is 0 Å². The summed E-state index contributed by atoms with van der Waals surface area (Å²) in [4.78, 5) is 21.3. The zero-order valence-corrected chi connectivity index (χ0v) is 22.3. The second-order valence-electron chi connectivity index (χ2n) is 9.19. The summed E-state index contributed by atoms with van der Waals surface area (Å²) in [5.41, 5.74) is 4.02. The Balaban J connectivity index is 1.46. The van der Waals surface area contributed by atoms with Gasteiger partial charge in [-0.1, -0.05) is 127 Å². The van der Waals surface area contributed by atoms with E-state index in [0.29, 0.717) is 5.56 Å². The van der Waals surface area contributed by atoms with Crippen LogP contribution >= 0.6 is 7.82 Å². The maximum atomic E-state index is 12.7. The number of carboxylic acid groups (broad SMARTS) is 1. The van der Waals surface area contributed by atoms with Gasteiger partial charge < -0.3 is 14.4 Å². The van der Waals surface area contributed by atoms with Crippen LogP contribution in [-0.4, -0.2) is 10.9 Å². The van der Waals surface area contributed by atoms with E-state index in [4.69, 9.17) is 9.05 Å². The number of carbonyl (C=O) groups excluding carboxylic acids is 1. The molecule has 200 valence electrons. The van der Waals surface area contributed by atoms with Gasteiger partial charge in [0.05, 0.1) is 18.0 Å². The number of rotatable bonds is 10. The first-order valence-corrected chi connectivity index (χ1v) is 14.1. The van der Waals surface area contributed by atoms with Gasteiger partial charge in [-0.15, -0.1) is 0 Å². The molecule has 0 saturated carbocycles. The summed E-state index contributed by atoms with van der Waals surface area (Å²) in [7, 11) is -4.47. The highest BCUT2D eigenvalue weighted by atomic mass is 31.2. The summed E-state index contributed by atoms with van der Waals surface area (Å²) in [6.45, 7) is -0.238. The Bertz CT molecular complexity index is 1510. The summed E-state index contributed by atoms with van der Waals surface area (Å²) < 4.78 is 23.2. The Kier molecular flexibility index (Phi) is 7.94. The highest BCUT2D eigenvalue weighted by Crippen LogP contribution is 2.47. The van der Waals surface area contributed by atoms with E-state index in [0.717, 1.165) is 22.3 Å². The van der Waals surface area contributed by atoms with Gasteiger partial charge in [0, 0.05) is 0 Å². The molecule has 40 heavy (non-hydrogen) atoms. The second-order valence-corrected chi connectivity index (χ2v) is 10.6. The van der Waals surface area contributed by atoms with Crippen molar-refractivity contribution in [2.45, 2.75) is 12.0 Å². The van der Waals surface area contributed by atoms with Crippen molar-refractivity contribution in [2.75, 3.05) is 0 Å². The molecule has 0 aliphatic heterocycles. The van der Waals surface area contributed by atoms with E-state index in [1.807, 2.05) is 66.7 Å². The van der Waals surface area contributed by atoms with Crippen molar-refractivity contribution in [3.8, 4) is 5.75 Å². The highest BCUT2D eigenvalue weighted by Gasteiger charge is 2.38. The molecule has 1 unspecified atom stereocenters.